The van der Waals surface area contributed by atoms with E-state index in [0.717, 1.165) is 26.7 Å². The first-order valence-corrected chi connectivity index (χ1v) is 7.40. The van der Waals surface area contributed by atoms with Crippen LogP contribution in [0.2, 0.25) is 0 Å². The summed E-state index contributed by atoms with van der Waals surface area (Å²) in [5.41, 5.74) is 1.00. The molecule has 0 aliphatic rings. The summed E-state index contributed by atoms with van der Waals surface area (Å²) in [7, 11) is 0. The molecular formula is C15H13ClN2OS. The van der Waals surface area contributed by atoms with E-state index in [1.54, 1.807) is 11.3 Å². The highest BCUT2D eigenvalue weighted by molar-refractivity contribution is 7.21. The van der Waals surface area contributed by atoms with E-state index in [2.05, 4.69) is 22.9 Å². The highest BCUT2D eigenvalue weighted by atomic mass is 35.5. The van der Waals surface area contributed by atoms with Gasteiger partial charge in [0.05, 0.1) is 16.8 Å². The Bertz CT molecular complexity index is 714. The van der Waals surface area contributed by atoms with E-state index in [-0.39, 0.29) is 0 Å². The number of rotatable bonds is 5. The maximum absolute atomic E-state index is 5.79. The number of thiazole rings is 1. The molecule has 1 aromatic carbocycles. The summed E-state index contributed by atoms with van der Waals surface area (Å²) in [6, 6.07) is 12.0. The Morgan fingerprint density at radius 3 is 2.95 bits per heavy atom. The number of halogens is 1. The molecule has 0 saturated carbocycles. The Balaban J connectivity index is 1.77. The van der Waals surface area contributed by atoms with Gasteiger partial charge in [-0.25, -0.2) is 4.98 Å². The molecule has 3 aromatic rings. The molecule has 3 rings (SSSR count). The van der Waals surface area contributed by atoms with Crippen LogP contribution >= 0.6 is 22.9 Å². The summed E-state index contributed by atoms with van der Waals surface area (Å²) < 4.78 is 6.96. The second-order valence-corrected chi connectivity index (χ2v) is 5.94. The van der Waals surface area contributed by atoms with Crippen molar-refractivity contribution >= 4 is 33.2 Å². The fourth-order valence-corrected chi connectivity index (χ4v) is 2.91. The Hall–Kier alpha value is -1.62. The van der Waals surface area contributed by atoms with Crippen LogP contribution < -0.4 is 5.32 Å². The number of hydrogen-bond acceptors (Lipinski definition) is 4. The first-order chi connectivity index (χ1) is 9.72. The topological polar surface area (TPSA) is 38.1 Å². The summed E-state index contributed by atoms with van der Waals surface area (Å²) in [4.78, 5) is 4.57. The molecule has 102 valence electrons. The van der Waals surface area contributed by atoms with E-state index in [4.69, 9.17) is 16.0 Å². The van der Waals surface area contributed by atoms with Crippen molar-refractivity contribution in [3.05, 3.63) is 53.8 Å². The van der Waals surface area contributed by atoms with Gasteiger partial charge in [-0.3, -0.25) is 0 Å². The molecule has 0 radical (unpaired) electrons. The van der Waals surface area contributed by atoms with Crippen molar-refractivity contribution in [3.63, 3.8) is 0 Å². The van der Waals surface area contributed by atoms with Gasteiger partial charge in [0.25, 0.3) is 0 Å². The number of benzene rings is 1. The van der Waals surface area contributed by atoms with Crippen LogP contribution in [-0.2, 0) is 6.54 Å². The number of nitrogens with zero attached hydrogens (tertiary/aromatic N) is 1. The SMILES string of the molecule is C=C(Cl)CNCc1ccc(-c2nc3ccccc3s2)o1. The van der Waals surface area contributed by atoms with Gasteiger partial charge in [-0.15, -0.1) is 11.3 Å². The molecule has 0 unspecified atom stereocenters. The monoisotopic (exact) mass is 304 g/mol. The predicted molar refractivity (Wildman–Crippen MR) is 84.0 cm³/mol. The van der Waals surface area contributed by atoms with Crippen LogP contribution in [0, 0.1) is 0 Å². The fraction of sp³-hybridized carbons (Fsp3) is 0.133. The summed E-state index contributed by atoms with van der Waals surface area (Å²) in [5, 5.41) is 4.64. The lowest BCUT2D eigenvalue weighted by Gasteiger charge is -1.99. The van der Waals surface area contributed by atoms with Gasteiger partial charge in [-0.1, -0.05) is 30.3 Å². The summed E-state index contributed by atoms with van der Waals surface area (Å²) in [6.07, 6.45) is 0. The van der Waals surface area contributed by atoms with Crippen LogP contribution in [0.4, 0.5) is 0 Å². The third-order valence-corrected chi connectivity index (χ3v) is 3.97. The molecule has 0 saturated heterocycles. The van der Waals surface area contributed by atoms with E-state index >= 15 is 0 Å². The summed E-state index contributed by atoms with van der Waals surface area (Å²) >= 11 is 7.33. The van der Waals surface area contributed by atoms with E-state index in [1.807, 2.05) is 30.3 Å². The van der Waals surface area contributed by atoms with Crippen LogP contribution in [0.5, 0.6) is 0 Å². The minimum Gasteiger partial charge on any atom is -0.457 e. The van der Waals surface area contributed by atoms with E-state index in [0.29, 0.717) is 18.1 Å². The molecule has 0 bridgehead atoms. The molecule has 5 heteroatoms. The minimum absolute atomic E-state index is 0.568. The Labute approximate surface area is 125 Å². The maximum atomic E-state index is 5.79. The lowest BCUT2D eigenvalue weighted by molar-refractivity contribution is 0.501. The molecule has 2 heterocycles. The molecule has 2 aromatic heterocycles. The number of para-hydroxylation sites is 1. The lowest BCUT2D eigenvalue weighted by Crippen LogP contribution is -2.13. The molecule has 0 amide bonds. The van der Waals surface area contributed by atoms with E-state index in [1.165, 1.54) is 0 Å². The second kappa shape index (κ2) is 5.79. The lowest BCUT2D eigenvalue weighted by atomic mass is 10.3. The first-order valence-electron chi connectivity index (χ1n) is 6.21. The van der Waals surface area contributed by atoms with Gasteiger partial charge >= 0.3 is 0 Å². The normalized spacial score (nSPS) is 11.1. The molecule has 0 fully saturated rings. The first kappa shape index (κ1) is 13.4. The average Bonchev–Trinajstić information content (AvgIpc) is 3.03. The molecule has 20 heavy (non-hydrogen) atoms. The quantitative estimate of drug-likeness (QED) is 0.759. The standard InChI is InChI=1S/C15H13ClN2OS/c1-10(16)8-17-9-11-6-7-13(19-11)15-18-12-4-2-3-5-14(12)20-15/h2-7,17H,1,8-9H2. The Kier molecular flexibility index (Phi) is 3.87. The highest BCUT2D eigenvalue weighted by Crippen LogP contribution is 2.30. The fourth-order valence-electron chi connectivity index (χ4n) is 1.89. The van der Waals surface area contributed by atoms with Gasteiger partial charge < -0.3 is 9.73 Å². The van der Waals surface area contributed by atoms with Gasteiger partial charge in [0, 0.05) is 11.6 Å². The Morgan fingerprint density at radius 1 is 1.30 bits per heavy atom. The van der Waals surface area contributed by atoms with Crippen molar-refractivity contribution in [3.8, 4) is 10.8 Å². The highest BCUT2D eigenvalue weighted by Gasteiger charge is 2.10. The van der Waals surface area contributed by atoms with Crippen LogP contribution in [0.25, 0.3) is 21.0 Å². The average molecular weight is 305 g/mol. The zero-order valence-corrected chi connectivity index (χ0v) is 12.3. The zero-order chi connectivity index (χ0) is 13.9. The molecule has 1 N–H and O–H groups in total. The number of aromatic nitrogens is 1. The summed E-state index contributed by atoms with van der Waals surface area (Å²) in [6.45, 7) is 4.82. The van der Waals surface area contributed by atoms with Crippen LogP contribution in [0.1, 0.15) is 5.76 Å². The zero-order valence-electron chi connectivity index (χ0n) is 10.7. The van der Waals surface area contributed by atoms with E-state index < -0.39 is 0 Å². The third kappa shape index (κ3) is 2.93. The van der Waals surface area contributed by atoms with Gasteiger partial charge in [-0.2, -0.15) is 0 Å². The molecule has 3 nitrogen and oxygen atoms in total. The number of furan rings is 1. The van der Waals surface area contributed by atoms with Crippen molar-refractivity contribution in [2.24, 2.45) is 0 Å². The van der Waals surface area contributed by atoms with Gasteiger partial charge in [-0.05, 0) is 24.3 Å². The van der Waals surface area contributed by atoms with E-state index in [9.17, 15) is 0 Å². The maximum Gasteiger partial charge on any atom is 0.163 e. The van der Waals surface area contributed by atoms with Crippen LogP contribution in [0.15, 0.2) is 52.4 Å². The third-order valence-electron chi connectivity index (χ3n) is 2.78. The van der Waals surface area contributed by atoms with Gasteiger partial charge in [0.15, 0.2) is 10.8 Å². The molecular weight excluding hydrogens is 292 g/mol. The molecule has 0 spiro atoms. The second-order valence-electron chi connectivity index (χ2n) is 4.37. The van der Waals surface area contributed by atoms with Crippen molar-refractivity contribution in [2.75, 3.05) is 6.54 Å². The van der Waals surface area contributed by atoms with Gasteiger partial charge in [0.1, 0.15) is 5.76 Å². The molecule has 0 aliphatic heterocycles. The summed E-state index contributed by atoms with van der Waals surface area (Å²) in [5.74, 6) is 1.66. The van der Waals surface area contributed by atoms with Crippen LogP contribution in [0.3, 0.4) is 0 Å². The van der Waals surface area contributed by atoms with Crippen molar-refractivity contribution in [2.45, 2.75) is 6.54 Å². The largest absolute Gasteiger partial charge is 0.457 e. The Morgan fingerprint density at radius 2 is 2.15 bits per heavy atom. The van der Waals surface area contributed by atoms with Crippen molar-refractivity contribution < 1.29 is 4.42 Å². The molecule has 0 aliphatic carbocycles. The molecule has 0 atom stereocenters. The predicted octanol–water partition coefficient (Wildman–Crippen LogP) is 4.40. The smallest absolute Gasteiger partial charge is 0.163 e. The number of fused-ring (bicyclic) bond motifs is 1. The minimum atomic E-state index is 0.568. The van der Waals surface area contributed by atoms with Crippen molar-refractivity contribution in [1.82, 2.24) is 10.3 Å². The number of nitrogens with one attached hydrogen (secondary N) is 1. The van der Waals surface area contributed by atoms with Gasteiger partial charge in [0.2, 0.25) is 0 Å². The van der Waals surface area contributed by atoms with Crippen LogP contribution in [-0.4, -0.2) is 11.5 Å². The number of hydrogen-bond donors (Lipinski definition) is 1. The van der Waals surface area contributed by atoms with Crippen molar-refractivity contribution in [1.29, 1.82) is 0 Å².